The van der Waals surface area contributed by atoms with Gasteiger partial charge in [-0.2, -0.15) is 13.2 Å². The highest BCUT2D eigenvalue weighted by atomic mass is 32.2. The van der Waals surface area contributed by atoms with Crippen molar-refractivity contribution < 1.29 is 31.1 Å². The van der Waals surface area contributed by atoms with Gasteiger partial charge in [0.2, 0.25) is 0 Å². The number of hydrogen-bond donors (Lipinski definition) is 0. The van der Waals surface area contributed by atoms with E-state index in [9.17, 15) is 26.4 Å². The molecule has 10 heteroatoms. The van der Waals surface area contributed by atoms with Crippen LogP contribution in [0.15, 0.2) is 83.8 Å². The summed E-state index contributed by atoms with van der Waals surface area (Å²) in [7, 11) is -5.52. The molecule has 1 aromatic heterocycles. The van der Waals surface area contributed by atoms with Crippen LogP contribution in [0.1, 0.15) is 28.7 Å². The van der Waals surface area contributed by atoms with Crippen molar-refractivity contribution in [1.29, 1.82) is 0 Å². The summed E-state index contributed by atoms with van der Waals surface area (Å²) in [5.41, 5.74) is -4.03. The standard InChI is InChI=1S/C25H19F3N2O4S/c1-2-30-21-14-13-19(35(32,33)25(26,27)28)15-20(21)29-23(30)16-22(17-9-5-3-6-10-17)34-24(31)18-11-7-4-8-12-18/h3-16H,2H2,1H3. The minimum atomic E-state index is -5.52. The van der Waals surface area contributed by atoms with Crippen LogP contribution in [0.5, 0.6) is 0 Å². The van der Waals surface area contributed by atoms with E-state index in [4.69, 9.17) is 4.74 Å². The Kier molecular flexibility index (Phi) is 6.49. The number of fused-ring (bicyclic) bond motifs is 1. The van der Waals surface area contributed by atoms with Crippen LogP contribution in [0.3, 0.4) is 0 Å². The molecule has 0 amide bonds. The second-order valence-corrected chi connectivity index (χ2v) is 9.39. The summed E-state index contributed by atoms with van der Waals surface area (Å²) >= 11 is 0. The van der Waals surface area contributed by atoms with Gasteiger partial charge in [0.15, 0.2) is 0 Å². The van der Waals surface area contributed by atoms with Crippen LogP contribution in [-0.4, -0.2) is 29.4 Å². The zero-order valence-corrected chi connectivity index (χ0v) is 19.2. The Balaban J connectivity index is 1.83. The molecule has 4 aromatic rings. The average Bonchev–Trinajstić information content (AvgIpc) is 3.20. The SMILES string of the molecule is CCn1c(C=C(OC(=O)c2ccccc2)c2ccccc2)nc2cc(S(=O)(=O)C(F)(F)F)ccc21. The quantitative estimate of drug-likeness (QED) is 0.251. The van der Waals surface area contributed by atoms with Crippen LogP contribution in [0.25, 0.3) is 22.9 Å². The summed E-state index contributed by atoms with van der Waals surface area (Å²) in [6, 6.07) is 20.2. The average molecular weight is 500 g/mol. The second-order valence-electron chi connectivity index (χ2n) is 7.44. The predicted molar refractivity (Wildman–Crippen MR) is 125 cm³/mol. The molecule has 0 N–H and O–H groups in total. The first kappa shape index (κ1) is 24.2. The van der Waals surface area contributed by atoms with E-state index in [0.29, 0.717) is 23.2 Å². The molecule has 0 radical (unpaired) electrons. The van der Waals surface area contributed by atoms with E-state index in [1.807, 2.05) is 0 Å². The zero-order chi connectivity index (χ0) is 25.2. The molecule has 0 aliphatic heterocycles. The Labute approximate surface area is 199 Å². The molecule has 0 bridgehead atoms. The van der Waals surface area contributed by atoms with Gasteiger partial charge in [-0.25, -0.2) is 18.2 Å². The van der Waals surface area contributed by atoms with Gasteiger partial charge in [-0.05, 0) is 37.3 Å². The summed E-state index contributed by atoms with van der Waals surface area (Å²) in [5, 5.41) is 0. The van der Waals surface area contributed by atoms with Crippen molar-refractivity contribution in [1.82, 2.24) is 9.55 Å². The van der Waals surface area contributed by atoms with Crippen LogP contribution in [0.4, 0.5) is 13.2 Å². The van der Waals surface area contributed by atoms with Crippen molar-refractivity contribution in [3.05, 3.63) is 95.8 Å². The molecule has 0 spiro atoms. The van der Waals surface area contributed by atoms with E-state index >= 15 is 0 Å². The predicted octanol–water partition coefficient (Wildman–Crippen LogP) is 5.70. The van der Waals surface area contributed by atoms with Crippen LogP contribution in [0.2, 0.25) is 0 Å². The summed E-state index contributed by atoms with van der Waals surface area (Å²) in [5.74, 6) is -0.144. The van der Waals surface area contributed by atoms with Crippen molar-refractivity contribution in [2.45, 2.75) is 23.9 Å². The van der Waals surface area contributed by atoms with Gasteiger partial charge in [-0.1, -0.05) is 48.5 Å². The van der Waals surface area contributed by atoms with Crippen LogP contribution < -0.4 is 0 Å². The van der Waals surface area contributed by atoms with Gasteiger partial charge in [0.05, 0.1) is 21.5 Å². The maximum absolute atomic E-state index is 13.0. The number of nitrogens with zero attached hydrogens (tertiary/aromatic N) is 2. The highest BCUT2D eigenvalue weighted by Crippen LogP contribution is 2.32. The number of hydrogen-bond acceptors (Lipinski definition) is 5. The number of benzene rings is 3. The first-order chi connectivity index (χ1) is 16.6. The highest BCUT2D eigenvalue weighted by molar-refractivity contribution is 7.92. The summed E-state index contributed by atoms with van der Waals surface area (Å²) in [6.45, 7) is 2.18. The Morgan fingerprint density at radius 3 is 2.14 bits per heavy atom. The first-order valence-electron chi connectivity index (χ1n) is 10.5. The largest absolute Gasteiger partial charge is 0.501 e. The van der Waals surface area contributed by atoms with Crippen LogP contribution in [-0.2, 0) is 21.1 Å². The number of halogens is 3. The highest BCUT2D eigenvalue weighted by Gasteiger charge is 2.47. The first-order valence-corrected chi connectivity index (χ1v) is 12.0. The Bertz CT molecular complexity index is 1510. The minimum absolute atomic E-state index is 0.0604. The van der Waals surface area contributed by atoms with Gasteiger partial charge < -0.3 is 9.30 Å². The number of sulfone groups is 1. The van der Waals surface area contributed by atoms with Crippen LogP contribution in [0, 0.1) is 0 Å². The molecule has 1 heterocycles. The number of alkyl halides is 3. The van der Waals surface area contributed by atoms with E-state index < -0.39 is 26.2 Å². The molecule has 0 saturated carbocycles. The van der Waals surface area contributed by atoms with E-state index in [1.165, 1.54) is 12.1 Å². The number of aromatic nitrogens is 2. The van der Waals surface area contributed by atoms with Gasteiger partial charge in [-0.3, -0.25) is 0 Å². The fraction of sp³-hybridized carbons (Fsp3) is 0.120. The van der Waals surface area contributed by atoms with Crippen molar-refractivity contribution >= 4 is 38.7 Å². The lowest BCUT2D eigenvalue weighted by Crippen LogP contribution is -2.23. The number of rotatable bonds is 6. The summed E-state index contributed by atoms with van der Waals surface area (Å²) < 4.78 is 70.1. The molecule has 35 heavy (non-hydrogen) atoms. The fourth-order valence-electron chi connectivity index (χ4n) is 3.50. The number of aryl methyl sites for hydroxylation is 1. The topological polar surface area (TPSA) is 78.3 Å². The lowest BCUT2D eigenvalue weighted by molar-refractivity contribution is -0.0436. The molecule has 0 saturated heterocycles. The van der Waals surface area contributed by atoms with Gasteiger partial charge in [0, 0.05) is 18.2 Å². The van der Waals surface area contributed by atoms with Crippen LogP contribution >= 0.6 is 0 Å². The second kappa shape index (κ2) is 9.38. The summed E-state index contributed by atoms with van der Waals surface area (Å²) in [4.78, 5) is 16.2. The van der Waals surface area contributed by atoms with Gasteiger partial charge in [-0.15, -0.1) is 0 Å². The summed E-state index contributed by atoms with van der Waals surface area (Å²) in [6.07, 6.45) is 1.50. The Morgan fingerprint density at radius 1 is 0.971 bits per heavy atom. The maximum Gasteiger partial charge on any atom is 0.501 e. The number of carbonyl (C=O) groups excluding carboxylic acids is 1. The Morgan fingerprint density at radius 2 is 1.57 bits per heavy atom. The fourth-order valence-corrected chi connectivity index (χ4v) is 4.28. The van der Waals surface area contributed by atoms with E-state index in [2.05, 4.69) is 4.98 Å². The number of esters is 1. The van der Waals surface area contributed by atoms with E-state index in [1.54, 1.807) is 72.2 Å². The molecular weight excluding hydrogens is 481 g/mol. The number of carbonyl (C=O) groups is 1. The molecule has 6 nitrogen and oxygen atoms in total. The number of imidazole rings is 1. The lowest BCUT2D eigenvalue weighted by Gasteiger charge is -2.10. The van der Waals surface area contributed by atoms with Crippen molar-refractivity contribution in [2.24, 2.45) is 0 Å². The lowest BCUT2D eigenvalue weighted by atomic mass is 10.1. The van der Waals surface area contributed by atoms with Crippen molar-refractivity contribution in [3.8, 4) is 0 Å². The third kappa shape index (κ3) is 4.83. The van der Waals surface area contributed by atoms with Gasteiger partial charge in [0.25, 0.3) is 9.84 Å². The molecular formula is C25H19F3N2O4S. The van der Waals surface area contributed by atoms with Gasteiger partial charge in [0.1, 0.15) is 11.6 Å². The molecule has 0 aliphatic rings. The molecule has 0 aliphatic carbocycles. The van der Waals surface area contributed by atoms with Crippen molar-refractivity contribution in [2.75, 3.05) is 0 Å². The smallest absolute Gasteiger partial charge is 0.422 e. The molecule has 0 atom stereocenters. The molecule has 180 valence electrons. The van der Waals surface area contributed by atoms with Gasteiger partial charge >= 0.3 is 11.5 Å². The zero-order valence-electron chi connectivity index (χ0n) is 18.4. The van der Waals surface area contributed by atoms with E-state index in [-0.39, 0.29) is 17.1 Å². The van der Waals surface area contributed by atoms with Crippen molar-refractivity contribution in [3.63, 3.8) is 0 Å². The maximum atomic E-state index is 13.0. The number of ether oxygens (including phenoxy) is 1. The molecule has 3 aromatic carbocycles. The third-order valence-corrected chi connectivity index (χ3v) is 6.70. The minimum Gasteiger partial charge on any atom is -0.422 e. The molecule has 0 fully saturated rings. The normalized spacial score (nSPS) is 12.6. The molecule has 4 rings (SSSR count). The molecule has 0 unspecified atom stereocenters. The van der Waals surface area contributed by atoms with E-state index in [0.717, 1.165) is 12.1 Å². The monoisotopic (exact) mass is 500 g/mol. The Hall–Kier alpha value is -3.92. The third-order valence-electron chi connectivity index (χ3n) is 5.21.